The Labute approximate surface area is 173 Å². The Morgan fingerprint density at radius 2 is 1.86 bits per heavy atom. The number of hydrazone groups is 1. The van der Waals surface area contributed by atoms with Crippen LogP contribution >= 0.6 is 11.6 Å². The summed E-state index contributed by atoms with van der Waals surface area (Å²) >= 11 is 6.25. The molecule has 0 aliphatic carbocycles. The summed E-state index contributed by atoms with van der Waals surface area (Å²) < 4.78 is 26.0. The molecule has 0 bridgehead atoms. The summed E-state index contributed by atoms with van der Waals surface area (Å²) in [5.41, 5.74) is 3.32. The number of nitrogens with zero attached hydrogens (tertiary/aromatic N) is 2. The molecule has 2 aliphatic heterocycles. The van der Waals surface area contributed by atoms with Crippen molar-refractivity contribution in [3.05, 3.63) is 94.3 Å². The molecular weight excluding hydrogens is 391 g/mol. The van der Waals surface area contributed by atoms with Gasteiger partial charge in [0.1, 0.15) is 17.3 Å². The minimum Gasteiger partial charge on any atom is -0.497 e. The van der Waals surface area contributed by atoms with Crippen molar-refractivity contribution in [3.8, 4) is 11.5 Å². The SMILES string of the molecule is COc1ccc(C2=NN3C(C2)c2cc(Cl)ccc2OC3c2ccccc2F)cc1. The Kier molecular flexibility index (Phi) is 4.40. The molecule has 0 radical (unpaired) electrons. The van der Waals surface area contributed by atoms with Gasteiger partial charge in [0.15, 0.2) is 0 Å². The summed E-state index contributed by atoms with van der Waals surface area (Å²) in [7, 11) is 1.64. The second kappa shape index (κ2) is 7.08. The molecule has 4 nitrogen and oxygen atoms in total. The largest absolute Gasteiger partial charge is 0.497 e. The number of halogens is 2. The molecular formula is C23H18ClFN2O2. The zero-order valence-electron chi connectivity index (χ0n) is 15.7. The third-order valence-corrected chi connectivity index (χ3v) is 5.58. The number of methoxy groups -OCH3 is 1. The highest BCUT2D eigenvalue weighted by atomic mass is 35.5. The maximum Gasteiger partial charge on any atom is 0.216 e. The highest BCUT2D eigenvalue weighted by Crippen LogP contribution is 2.48. The molecule has 5 rings (SSSR count). The van der Waals surface area contributed by atoms with Crippen LogP contribution in [0.3, 0.4) is 0 Å². The van der Waals surface area contributed by atoms with Gasteiger partial charge in [-0.2, -0.15) is 5.10 Å². The fourth-order valence-electron chi connectivity index (χ4n) is 3.90. The first-order valence-corrected chi connectivity index (χ1v) is 9.72. The van der Waals surface area contributed by atoms with Gasteiger partial charge in [0.25, 0.3) is 0 Å². The molecule has 2 aliphatic rings. The lowest BCUT2D eigenvalue weighted by Gasteiger charge is -2.38. The molecule has 2 heterocycles. The van der Waals surface area contributed by atoms with Crippen molar-refractivity contribution in [2.45, 2.75) is 18.7 Å². The van der Waals surface area contributed by atoms with Gasteiger partial charge >= 0.3 is 0 Å². The Balaban J connectivity index is 1.59. The van der Waals surface area contributed by atoms with Crippen LogP contribution < -0.4 is 9.47 Å². The van der Waals surface area contributed by atoms with Gasteiger partial charge in [0.05, 0.1) is 24.4 Å². The van der Waals surface area contributed by atoms with Crippen LogP contribution in [0.2, 0.25) is 5.02 Å². The van der Waals surface area contributed by atoms with Crippen molar-refractivity contribution in [3.63, 3.8) is 0 Å². The molecule has 0 fully saturated rings. The molecule has 29 heavy (non-hydrogen) atoms. The summed E-state index contributed by atoms with van der Waals surface area (Å²) in [6.45, 7) is 0. The zero-order chi connectivity index (χ0) is 20.0. The lowest BCUT2D eigenvalue weighted by molar-refractivity contribution is -0.0211. The predicted octanol–water partition coefficient (Wildman–Crippen LogP) is 5.73. The van der Waals surface area contributed by atoms with E-state index in [1.165, 1.54) is 6.07 Å². The molecule has 2 unspecified atom stereocenters. The average molecular weight is 409 g/mol. The number of ether oxygens (including phenoxy) is 2. The third kappa shape index (κ3) is 3.12. The Bertz CT molecular complexity index is 1100. The van der Waals surface area contributed by atoms with Crippen LogP contribution in [-0.2, 0) is 0 Å². The van der Waals surface area contributed by atoms with E-state index in [4.69, 9.17) is 26.2 Å². The van der Waals surface area contributed by atoms with E-state index >= 15 is 0 Å². The Morgan fingerprint density at radius 1 is 1.07 bits per heavy atom. The first-order chi connectivity index (χ1) is 14.1. The van der Waals surface area contributed by atoms with Gasteiger partial charge in [-0.05, 0) is 54.1 Å². The van der Waals surface area contributed by atoms with Crippen LogP contribution in [0.5, 0.6) is 11.5 Å². The average Bonchev–Trinajstić information content (AvgIpc) is 3.20. The fourth-order valence-corrected chi connectivity index (χ4v) is 4.08. The van der Waals surface area contributed by atoms with Crippen molar-refractivity contribution in [2.75, 3.05) is 7.11 Å². The number of rotatable bonds is 3. The Morgan fingerprint density at radius 3 is 2.62 bits per heavy atom. The van der Waals surface area contributed by atoms with Gasteiger partial charge in [-0.15, -0.1) is 0 Å². The highest BCUT2D eigenvalue weighted by molar-refractivity contribution is 6.30. The number of hydrogen-bond acceptors (Lipinski definition) is 4. The van der Waals surface area contributed by atoms with Gasteiger partial charge < -0.3 is 9.47 Å². The number of benzene rings is 3. The zero-order valence-corrected chi connectivity index (χ0v) is 16.4. The van der Waals surface area contributed by atoms with Gasteiger partial charge in [-0.1, -0.05) is 29.8 Å². The molecule has 0 saturated carbocycles. The molecule has 0 aromatic heterocycles. The summed E-state index contributed by atoms with van der Waals surface area (Å²) in [6.07, 6.45) is 0.0270. The van der Waals surface area contributed by atoms with Crippen LogP contribution in [0.15, 0.2) is 71.8 Å². The molecule has 3 aromatic rings. The number of hydrogen-bond donors (Lipinski definition) is 0. The molecule has 6 heteroatoms. The quantitative estimate of drug-likeness (QED) is 0.555. The first-order valence-electron chi connectivity index (χ1n) is 9.35. The van der Waals surface area contributed by atoms with E-state index in [9.17, 15) is 4.39 Å². The van der Waals surface area contributed by atoms with E-state index in [1.54, 1.807) is 31.4 Å². The monoisotopic (exact) mass is 408 g/mol. The van der Waals surface area contributed by atoms with Gasteiger partial charge in [-0.3, -0.25) is 0 Å². The van der Waals surface area contributed by atoms with E-state index in [0.717, 1.165) is 22.6 Å². The van der Waals surface area contributed by atoms with E-state index in [2.05, 4.69) is 0 Å². The topological polar surface area (TPSA) is 34.1 Å². The minimum atomic E-state index is -0.648. The van der Waals surface area contributed by atoms with Crippen molar-refractivity contribution in [1.82, 2.24) is 5.01 Å². The van der Waals surface area contributed by atoms with Gasteiger partial charge in [0, 0.05) is 17.0 Å². The van der Waals surface area contributed by atoms with Crippen molar-refractivity contribution in [1.29, 1.82) is 0 Å². The summed E-state index contributed by atoms with van der Waals surface area (Å²) in [4.78, 5) is 0. The third-order valence-electron chi connectivity index (χ3n) is 5.35. The summed E-state index contributed by atoms with van der Waals surface area (Å²) in [5.74, 6) is 1.17. The van der Waals surface area contributed by atoms with E-state index in [-0.39, 0.29) is 11.9 Å². The first kappa shape index (κ1) is 18.0. The van der Waals surface area contributed by atoms with Crippen LogP contribution in [0.4, 0.5) is 4.39 Å². The summed E-state index contributed by atoms with van der Waals surface area (Å²) in [5, 5.41) is 7.32. The molecule has 0 saturated heterocycles. The van der Waals surface area contributed by atoms with Crippen molar-refractivity contribution >= 4 is 17.3 Å². The molecule has 0 N–H and O–H groups in total. The second-order valence-corrected chi connectivity index (χ2v) is 7.49. The van der Waals surface area contributed by atoms with Crippen LogP contribution in [-0.4, -0.2) is 17.8 Å². The minimum absolute atomic E-state index is 0.0841. The molecule has 0 spiro atoms. The van der Waals surface area contributed by atoms with E-state index < -0.39 is 6.23 Å². The second-order valence-electron chi connectivity index (χ2n) is 7.05. The maximum atomic E-state index is 14.6. The highest BCUT2D eigenvalue weighted by Gasteiger charge is 2.41. The van der Waals surface area contributed by atoms with Crippen molar-refractivity contribution < 1.29 is 13.9 Å². The van der Waals surface area contributed by atoms with Crippen LogP contribution in [0.1, 0.15) is 35.4 Å². The Hall–Kier alpha value is -3.05. The smallest absolute Gasteiger partial charge is 0.216 e. The standard InChI is InChI=1S/C23H18ClFN2O2/c1-28-16-9-6-14(7-10-16)20-13-21-18-12-15(24)8-11-22(18)29-23(27(21)26-20)17-4-2-3-5-19(17)25/h2-12,21,23H,13H2,1H3. The maximum absolute atomic E-state index is 14.6. The number of fused-ring (bicyclic) bond motifs is 3. The summed E-state index contributed by atoms with van der Waals surface area (Å²) in [6, 6.07) is 19.9. The molecule has 146 valence electrons. The lowest BCUT2D eigenvalue weighted by atomic mass is 9.96. The lowest BCUT2D eigenvalue weighted by Crippen LogP contribution is -2.34. The molecule has 3 aromatic carbocycles. The predicted molar refractivity (Wildman–Crippen MR) is 110 cm³/mol. The normalized spacial score (nSPS) is 19.8. The van der Waals surface area contributed by atoms with Gasteiger partial charge in [0.2, 0.25) is 6.23 Å². The van der Waals surface area contributed by atoms with Crippen LogP contribution in [0.25, 0.3) is 0 Å². The van der Waals surface area contributed by atoms with Gasteiger partial charge in [-0.25, -0.2) is 9.40 Å². The fraction of sp³-hybridized carbons (Fsp3) is 0.174. The van der Waals surface area contributed by atoms with E-state index in [1.807, 2.05) is 41.4 Å². The van der Waals surface area contributed by atoms with Crippen LogP contribution in [0, 0.1) is 5.82 Å². The van der Waals surface area contributed by atoms with Crippen molar-refractivity contribution in [2.24, 2.45) is 5.10 Å². The molecule has 0 amide bonds. The molecule has 2 atom stereocenters. The van der Waals surface area contributed by atoms with E-state index in [0.29, 0.717) is 22.8 Å².